The Morgan fingerprint density at radius 1 is 0.958 bits per heavy atom. The van der Waals surface area contributed by atoms with E-state index in [0.717, 1.165) is 20.9 Å². The lowest BCUT2D eigenvalue weighted by Crippen LogP contribution is -2.21. The molecule has 0 aliphatic rings. The minimum absolute atomic E-state index is 0.0195. The summed E-state index contributed by atoms with van der Waals surface area (Å²) in [5.74, 6) is 0.510. The zero-order valence-corrected chi connectivity index (χ0v) is 14.8. The Hall–Kier alpha value is -2.39. The van der Waals surface area contributed by atoms with Crippen LogP contribution in [0.15, 0.2) is 66.7 Å². The Morgan fingerprint density at radius 2 is 1.67 bits per heavy atom. The van der Waals surface area contributed by atoms with Crippen molar-refractivity contribution in [3.8, 4) is 10.4 Å². The first kappa shape index (κ1) is 16.5. The quantitative estimate of drug-likeness (QED) is 0.658. The summed E-state index contributed by atoms with van der Waals surface area (Å²) < 4.78 is 0. The smallest absolute Gasteiger partial charge is 0.261 e. The van der Waals surface area contributed by atoms with Crippen molar-refractivity contribution in [3.05, 3.63) is 82.7 Å². The van der Waals surface area contributed by atoms with Crippen LogP contribution in [0.4, 0.5) is 0 Å². The molecule has 0 bridgehead atoms. The van der Waals surface area contributed by atoms with E-state index in [-0.39, 0.29) is 5.91 Å². The second-order valence-electron chi connectivity index (χ2n) is 6.11. The van der Waals surface area contributed by atoms with E-state index >= 15 is 0 Å². The molecule has 0 saturated carbocycles. The molecule has 1 N–H and O–H groups in total. The minimum Gasteiger partial charge on any atom is -0.347 e. The predicted molar refractivity (Wildman–Crippen MR) is 101 cm³/mol. The van der Waals surface area contributed by atoms with E-state index in [1.54, 1.807) is 0 Å². The molecule has 122 valence electrons. The van der Waals surface area contributed by atoms with Gasteiger partial charge in [0, 0.05) is 11.4 Å². The van der Waals surface area contributed by atoms with Gasteiger partial charge >= 0.3 is 0 Å². The number of thiophene rings is 1. The first-order valence-corrected chi connectivity index (χ1v) is 8.97. The van der Waals surface area contributed by atoms with Gasteiger partial charge in [0.2, 0.25) is 0 Å². The van der Waals surface area contributed by atoms with Crippen molar-refractivity contribution in [1.29, 1.82) is 0 Å². The van der Waals surface area contributed by atoms with Crippen molar-refractivity contribution in [2.45, 2.75) is 26.3 Å². The highest BCUT2D eigenvalue weighted by Gasteiger charge is 2.10. The van der Waals surface area contributed by atoms with Gasteiger partial charge in [-0.2, -0.15) is 0 Å². The maximum Gasteiger partial charge on any atom is 0.261 e. The van der Waals surface area contributed by atoms with Gasteiger partial charge in [-0.25, -0.2) is 0 Å². The molecule has 3 heteroatoms. The molecule has 1 amide bonds. The van der Waals surface area contributed by atoms with Crippen LogP contribution in [0, 0.1) is 0 Å². The van der Waals surface area contributed by atoms with E-state index in [2.05, 4.69) is 43.4 Å². The molecule has 3 rings (SSSR count). The number of rotatable bonds is 5. The lowest BCUT2D eigenvalue weighted by Gasteiger charge is -2.05. The second-order valence-corrected chi connectivity index (χ2v) is 7.19. The number of carbonyl (C=O) groups excluding carboxylic acids is 1. The van der Waals surface area contributed by atoms with Crippen molar-refractivity contribution < 1.29 is 4.79 Å². The van der Waals surface area contributed by atoms with Crippen LogP contribution in [0.3, 0.4) is 0 Å². The Balaban J connectivity index is 1.67. The molecule has 2 aromatic carbocycles. The monoisotopic (exact) mass is 335 g/mol. The van der Waals surface area contributed by atoms with E-state index in [9.17, 15) is 4.79 Å². The first-order chi connectivity index (χ1) is 11.6. The van der Waals surface area contributed by atoms with Crippen molar-refractivity contribution in [2.24, 2.45) is 0 Å². The average Bonchev–Trinajstić information content (AvgIpc) is 3.11. The van der Waals surface area contributed by atoms with Gasteiger partial charge in [-0.3, -0.25) is 4.79 Å². The van der Waals surface area contributed by atoms with Crippen molar-refractivity contribution in [1.82, 2.24) is 5.32 Å². The molecular weight excluding hydrogens is 314 g/mol. The van der Waals surface area contributed by atoms with Crippen molar-refractivity contribution in [2.75, 3.05) is 0 Å². The van der Waals surface area contributed by atoms with Gasteiger partial charge < -0.3 is 5.32 Å². The zero-order chi connectivity index (χ0) is 16.9. The van der Waals surface area contributed by atoms with Gasteiger partial charge in [0.25, 0.3) is 5.91 Å². The van der Waals surface area contributed by atoms with Crippen molar-refractivity contribution >= 4 is 17.2 Å². The fraction of sp³-hybridized carbons (Fsp3) is 0.190. The van der Waals surface area contributed by atoms with Gasteiger partial charge in [0.1, 0.15) is 0 Å². The molecular formula is C21H21NOS. The highest BCUT2D eigenvalue weighted by Crippen LogP contribution is 2.29. The summed E-state index contributed by atoms with van der Waals surface area (Å²) in [4.78, 5) is 14.2. The highest BCUT2D eigenvalue weighted by atomic mass is 32.1. The van der Waals surface area contributed by atoms with E-state index < -0.39 is 0 Å². The zero-order valence-electron chi connectivity index (χ0n) is 14.0. The third-order valence-corrected chi connectivity index (χ3v) is 5.12. The van der Waals surface area contributed by atoms with Crippen molar-refractivity contribution in [3.63, 3.8) is 0 Å². The van der Waals surface area contributed by atoms with E-state index in [1.807, 2.05) is 42.5 Å². The molecule has 0 radical (unpaired) electrons. The standard InChI is InChI=1S/C21H21NOS/c1-15(2)17-8-10-18(11-9-17)19-12-13-20(24-19)21(23)22-14-16-6-4-3-5-7-16/h3-13,15H,14H2,1-2H3,(H,22,23). The van der Waals surface area contributed by atoms with Gasteiger partial charge in [0.15, 0.2) is 0 Å². The molecule has 0 saturated heterocycles. The third-order valence-electron chi connectivity index (χ3n) is 3.99. The molecule has 0 aliphatic carbocycles. The fourth-order valence-corrected chi connectivity index (χ4v) is 3.44. The van der Waals surface area contributed by atoms with Gasteiger partial charge in [-0.05, 0) is 34.7 Å². The first-order valence-electron chi connectivity index (χ1n) is 8.16. The SMILES string of the molecule is CC(C)c1ccc(-c2ccc(C(=O)NCc3ccccc3)s2)cc1. The number of nitrogens with one attached hydrogen (secondary N) is 1. The predicted octanol–water partition coefficient (Wildman–Crippen LogP) is 5.47. The maximum absolute atomic E-state index is 12.3. The van der Waals surface area contributed by atoms with E-state index in [0.29, 0.717) is 12.5 Å². The molecule has 0 aliphatic heterocycles. The number of benzene rings is 2. The molecule has 24 heavy (non-hydrogen) atoms. The Morgan fingerprint density at radius 3 is 2.33 bits per heavy atom. The van der Waals surface area contributed by atoms with Crippen LogP contribution < -0.4 is 5.32 Å². The van der Waals surface area contributed by atoms with Crippen LogP contribution in [0.2, 0.25) is 0 Å². The lowest BCUT2D eigenvalue weighted by molar-refractivity contribution is 0.0955. The van der Waals surface area contributed by atoms with Crippen LogP contribution >= 0.6 is 11.3 Å². The number of hydrogen-bond acceptors (Lipinski definition) is 2. The maximum atomic E-state index is 12.3. The topological polar surface area (TPSA) is 29.1 Å². The summed E-state index contributed by atoms with van der Waals surface area (Å²) in [7, 11) is 0. The Labute approximate surface area is 147 Å². The van der Waals surface area contributed by atoms with Crippen LogP contribution in [0.1, 0.15) is 40.6 Å². The van der Waals surface area contributed by atoms with Crippen LogP contribution in [0.25, 0.3) is 10.4 Å². The van der Waals surface area contributed by atoms with Gasteiger partial charge in [-0.1, -0.05) is 68.4 Å². The Bertz CT molecular complexity index is 803. The van der Waals surface area contributed by atoms with E-state index in [4.69, 9.17) is 0 Å². The molecule has 0 unspecified atom stereocenters. The molecule has 0 spiro atoms. The summed E-state index contributed by atoms with van der Waals surface area (Å²) in [5, 5.41) is 2.98. The molecule has 2 nitrogen and oxygen atoms in total. The molecule has 0 atom stereocenters. The number of amides is 1. The minimum atomic E-state index is -0.0195. The molecule has 0 fully saturated rings. The molecule has 1 heterocycles. The summed E-state index contributed by atoms with van der Waals surface area (Å²) >= 11 is 1.53. The summed E-state index contributed by atoms with van der Waals surface area (Å²) in [6, 6.07) is 22.5. The highest BCUT2D eigenvalue weighted by molar-refractivity contribution is 7.17. The van der Waals surface area contributed by atoms with Gasteiger partial charge in [-0.15, -0.1) is 11.3 Å². The number of carbonyl (C=O) groups is 1. The average molecular weight is 335 g/mol. The van der Waals surface area contributed by atoms with E-state index in [1.165, 1.54) is 16.9 Å². The number of hydrogen-bond donors (Lipinski definition) is 1. The summed E-state index contributed by atoms with van der Waals surface area (Å²) in [5.41, 5.74) is 3.59. The fourth-order valence-electron chi connectivity index (χ4n) is 2.51. The lowest BCUT2D eigenvalue weighted by atomic mass is 10.0. The normalized spacial score (nSPS) is 10.8. The largest absolute Gasteiger partial charge is 0.347 e. The summed E-state index contributed by atoms with van der Waals surface area (Å²) in [6.45, 7) is 4.93. The summed E-state index contributed by atoms with van der Waals surface area (Å²) in [6.07, 6.45) is 0. The Kier molecular flexibility index (Phi) is 5.11. The third kappa shape index (κ3) is 3.92. The van der Waals surface area contributed by atoms with Crippen LogP contribution in [-0.4, -0.2) is 5.91 Å². The molecule has 1 aromatic heterocycles. The van der Waals surface area contributed by atoms with Gasteiger partial charge in [0.05, 0.1) is 4.88 Å². The van der Waals surface area contributed by atoms with Crippen LogP contribution in [-0.2, 0) is 6.54 Å². The molecule has 3 aromatic rings. The van der Waals surface area contributed by atoms with Crippen LogP contribution in [0.5, 0.6) is 0 Å². The second kappa shape index (κ2) is 7.45.